The Hall–Kier alpha value is -1.88. The van der Waals surface area contributed by atoms with E-state index in [1.165, 1.54) is 0 Å². The molecule has 1 heterocycles. The molecule has 1 saturated heterocycles. The number of carbonyl (C=O) groups excluding carboxylic acids is 2. The third-order valence-corrected chi connectivity index (χ3v) is 4.15. The van der Waals surface area contributed by atoms with Gasteiger partial charge in [0.2, 0.25) is 0 Å². The summed E-state index contributed by atoms with van der Waals surface area (Å²) in [4.78, 5) is 26.0. The molecular weight excluding hydrogens is 278 g/mol. The van der Waals surface area contributed by atoms with Crippen LogP contribution in [0.3, 0.4) is 0 Å². The van der Waals surface area contributed by atoms with Crippen LogP contribution in [0.4, 0.5) is 0 Å². The zero-order chi connectivity index (χ0) is 15.9. The number of hydrogen-bond acceptors (Lipinski definition) is 3. The van der Waals surface area contributed by atoms with Gasteiger partial charge in [-0.1, -0.05) is 36.8 Å². The predicted octanol–water partition coefficient (Wildman–Crippen LogP) is 1.21. The monoisotopic (exact) mass is 303 g/mol. The summed E-state index contributed by atoms with van der Waals surface area (Å²) in [7, 11) is 0. The maximum atomic E-state index is 11.8. The van der Waals surface area contributed by atoms with Crippen molar-refractivity contribution in [3.05, 3.63) is 35.4 Å². The van der Waals surface area contributed by atoms with E-state index in [1.807, 2.05) is 31.2 Å². The number of benzene rings is 1. The van der Waals surface area contributed by atoms with Gasteiger partial charge in [-0.15, -0.1) is 0 Å². The van der Waals surface area contributed by atoms with Gasteiger partial charge in [-0.05, 0) is 38.4 Å². The average Bonchev–Trinajstić information content (AvgIpc) is 2.97. The van der Waals surface area contributed by atoms with Crippen molar-refractivity contribution in [3.8, 4) is 0 Å². The number of nitrogens with one attached hydrogen (secondary N) is 2. The van der Waals surface area contributed by atoms with E-state index in [-0.39, 0.29) is 0 Å². The molecule has 0 radical (unpaired) electrons. The normalized spacial score (nSPS) is 18.2. The summed E-state index contributed by atoms with van der Waals surface area (Å²) in [6.45, 7) is 7.10. The number of hydrogen-bond donors (Lipinski definition) is 2. The summed E-state index contributed by atoms with van der Waals surface area (Å²) in [6.07, 6.45) is 2.24. The van der Waals surface area contributed by atoms with E-state index in [1.54, 1.807) is 0 Å². The van der Waals surface area contributed by atoms with Crippen LogP contribution in [-0.4, -0.2) is 42.4 Å². The van der Waals surface area contributed by atoms with Gasteiger partial charge in [0.15, 0.2) is 0 Å². The third-order valence-electron chi connectivity index (χ3n) is 4.15. The largest absolute Gasteiger partial charge is 0.346 e. The van der Waals surface area contributed by atoms with Crippen molar-refractivity contribution in [3.63, 3.8) is 0 Å². The lowest BCUT2D eigenvalue weighted by Crippen LogP contribution is -2.45. The molecule has 0 bridgehead atoms. The van der Waals surface area contributed by atoms with Gasteiger partial charge in [-0.2, -0.15) is 0 Å². The first-order valence-electron chi connectivity index (χ1n) is 7.95. The van der Waals surface area contributed by atoms with E-state index in [0.29, 0.717) is 19.1 Å². The third kappa shape index (κ3) is 4.56. The Morgan fingerprint density at radius 1 is 1.27 bits per heavy atom. The molecule has 2 rings (SSSR count). The fourth-order valence-electron chi connectivity index (χ4n) is 2.92. The van der Waals surface area contributed by atoms with Crippen LogP contribution >= 0.6 is 0 Å². The van der Waals surface area contributed by atoms with E-state index in [2.05, 4.69) is 22.5 Å². The van der Waals surface area contributed by atoms with Crippen LogP contribution in [0.5, 0.6) is 0 Å². The Labute approximate surface area is 132 Å². The lowest BCUT2D eigenvalue weighted by molar-refractivity contribution is -0.139. The van der Waals surface area contributed by atoms with Crippen molar-refractivity contribution in [1.29, 1.82) is 0 Å². The Morgan fingerprint density at radius 3 is 2.77 bits per heavy atom. The highest BCUT2D eigenvalue weighted by Crippen LogP contribution is 2.15. The van der Waals surface area contributed by atoms with Crippen molar-refractivity contribution in [2.75, 3.05) is 19.6 Å². The van der Waals surface area contributed by atoms with Crippen LogP contribution in [0.25, 0.3) is 0 Å². The number of likely N-dealkylation sites (tertiary alicyclic amines) is 1. The molecular formula is C17H25N3O2. The van der Waals surface area contributed by atoms with Gasteiger partial charge < -0.3 is 10.6 Å². The van der Waals surface area contributed by atoms with Crippen LogP contribution in [-0.2, 0) is 16.1 Å². The average molecular weight is 303 g/mol. The lowest BCUT2D eigenvalue weighted by atomic mass is 10.1. The van der Waals surface area contributed by atoms with Crippen LogP contribution in [0.15, 0.2) is 24.3 Å². The first kappa shape index (κ1) is 16.5. The molecule has 0 aliphatic carbocycles. The highest BCUT2D eigenvalue weighted by molar-refractivity contribution is 6.35. The fraction of sp³-hybridized carbons (Fsp3) is 0.529. The van der Waals surface area contributed by atoms with Crippen molar-refractivity contribution < 1.29 is 9.59 Å². The number of aryl methyl sites for hydroxylation is 1. The summed E-state index contributed by atoms with van der Waals surface area (Å²) < 4.78 is 0. The molecule has 0 aromatic heterocycles. The molecule has 0 unspecified atom stereocenters. The number of carbonyl (C=O) groups is 2. The second-order valence-electron chi connectivity index (χ2n) is 5.81. The van der Waals surface area contributed by atoms with Crippen LogP contribution < -0.4 is 10.6 Å². The highest BCUT2D eigenvalue weighted by atomic mass is 16.2. The minimum absolute atomic E-state index is 0.360. The van der Waals surface area contributed by atoms with Gasteiger partial charge in [-0.25, -0.2) is 0 Å². The lowest BCUT2D eigenvalue weighted by Gasteiger charge is -2.22. The van der Waals surface area contributed by atoms with Crippen LogP contribution in [0, 0.1) is 6.92 Å². The Balaban J connectivity index is 1.74. The zero-order valence-electron chi connectivity index (χ0n) is 13.4. The van der Waals surface area contributed by atoms with Gasteiger partial charge in [0, 0.05) is 19.1 Å². The van der Waals surface area contributed by atoms with E-state index in [0.717, 1.165) is 37.1 Å². The maximum absolute atomic E-state index is 11.8. The molecule has 1 aromatic rings. The first-order chi connectivity index (χ1) is 10.6. The molecule has 1 fully saturated rings. The SMILES string of the molecule is CCN1CCC[C@H]1CNC(=O)C(=O)NCc1cccc(C)c1. The van der Waals surface area contributed by atoms with Crippen molar-refractivity contribution in [2.45, 2.75) is 39.3 Å². The van der Waals surface area contributed by atoms with Crippen molar-refractivity contribution in [1.82, 2.24) is 15.5 Å². The van der Waals surface area contributed by atoms with Gasteiger partial charge in [-0.3, -0.25) is 14.5 Å². The molecule has 1 aromatic carbocycles. The minimum atomic E-state index is -0.567. The molecule has 2 N–H and O–H groups in total. The Bertz CT molecular complexity index is 530. The molecule has 1 atom stereocenters. The molecule has 5 heteroatoms. The molecule has 120 valence electrons. The second kappa shape index (κ2) is 7.94. The standard InChI is InChI=1S/C17H25N3O2/c1-3-20-9-5-8-15(20)12-19-17(22)16(21)18-11-14-7-4-6-13(2)10-14/h4,6-7,10,15H,3,5,8-9,11-12H2,1-2H3,(H,18,21)(H,19,22)/t15-/m0/s1. The smallest absolute Gasteiger partial charge is 0.309 e. The van der Waals surface area contributed by atoms with Gasteiger partial charge in [0.05, 0.1) is 0 Å². The fourth-order valence-corrected chi connectivity index (χ4v) is 2.92. The van der Waals surface area contributed by atoms with Crippen LogP contribution in [0.1, 0.15) is 30.9 Å². The molecule has 1 aliphatic rings. The van der Waals surface area contributed by atoms with E-state index >= 15 is 0 Å². The number of likely N-dealkylation sites (N-methyl/N-ethyl adjacent to an activating group) is 1. The van der Waals surface area contributed by atoms with Gasteiger partial charge in [0.1, 0.15) is 0 Å². The molecule has 22 heavy (non-hydrogen) atoms. The molecule has 2 amide bonds. The first-order valence-corrected chi connectivity index (χ1v) is 7.95. The van der Waals surface area contributed by atoms with E-state index in [9.17, 15) is 9.59 Å². The maximum Gasteiger partial charge on any atom is 0.309 e. The predicted molar refractivity (Wildman–Crippen MR) is 86.3 cm³/mol. The summed E-state index contributed by atoms with van der Waals surface area (Å²) in [5, 5.41) is 5.41. The minimum Gasteiger partial charge on any atom is -0.346 e. The summed E-state index contributed by atoms with van der Waals surface area (Å²) in [5.41, 5.74) is 2.13. The molecule has 1 aliphatic heterocycles. The highest BCUT2D eigenvalue weighted by Gasteiger charge is 2.24. The Kier molecular flexibility index (Phi) is 5.95. The van der Waals surface area contributed by atoms with E-state index < -0.39 is 11.8 Å². The molecule has 0 saturated carbocycles. The number of nitrogens with zero attached hydrogens (tertiary/aromatic N) is 1. The van der Waals surface area contributed by atoms with Gasteiger partial charge in [0.25, 0.3) is 0 Å². The number of amides is 2. The quantitative estimate of drug-likeness (QED) is 0.804. The summed E-state index contributed by atoms with van der Waals surface area (Å²) in [5.74, 6) is -1.11. The topological polar surface area (TPSA) is 61.4 Å². The van der Waals surface area contributed by atoms with Crippen molar-refractivity contribution in [2.24, 2.45) is 0 Å². The van der Waals surface area contributed by atoms with Gasteiger partial charge >= 0.3 is 11.8 Å². The van der Waals surface area contributed by atoms with Crippen molar-refractivity contribution >= 4 is 11.8 Å². The van der Waals surface area contributed by atoms with Crippen LogP contribution in [0.2, 0.25) is 0 Å². The molecule has 5 nitrogen and oxygen atoms in total. The number of rotatable bonds is 5. The summed E-state index contributed by atoms with van der Waals surface area (Å²) in [6, 6.07) is 8.23. The van der Waals surface area contributed by atoms with E-state index in [4.69, 9.17) is 0 Å². The zero-order valence-corrected chi connectivity index (χ0v) is 13.4. The molecule has 0 spiro atoms. The second-order valence-corrected chi connectivity index (χ2v) is 5.81. The summed E-state index contributed by atoms with van der Waals surface area (Å²) >= 11 is 0. The Morgan fingerprint density at radius 2 is 2.05 bits per heavy atom.